The van der Waals surface area contributed by atoms with Crippen LogP contribution in [0.25, 0.3) is 0 Å². The lowest BCUT2D eigenvalue weighted by molar-refractivity contribution is -0.120. The Kier molecular flexibility index (Phi) is 3.46. The van der Waals surface area contributed by atoms with Gasteiger partial charge in [-0.15, -0.1) is 0 Å². The molecule has 0 aliphatic heterocycles. The first-order valence-corrected chi connectivity index (χ1v) is 5.83. The fourth-order valence-corrected chi connectivity index (χ4v) is 1.93. The van der Waals surface area contributed by atoms with Gasteiger partial charge in [0.05, 0.1) is 12.6 Å². The number of nitrogens with two attached hydrogens (primary N) is 1. The summed E-state index contributed by atoms with van der Waals surface area (Å²) in [6, 6.07) is 7.71. The van der Waals surface area contributed by atoms with Crippen molar-refractivity contribution >= 4 is 17.5 Å². The molecular formula is C12H15ClN2O. The minimum Gasteiger partial charge on any atom is -0.348 e. The van der Waals surface area contributed by atoms with E-state index in [9.17, 15) is 4.79 Å². The highest BCUT2D eigenvalue weighted by molar-refractivity contribution is 6.30. The molecule has 1 fully saturated rings. The number of nitrogens with one attached hydrogen (secondary N) is 1. The van der Waals surface area contributed by atoms with Gasteiger partial charge in [0, 0.05) is 5.02 Å². The Balaban J connectivity index is 2.12. The number of amides is 1. The normalized spacial score (nSPS) is 16.9. The molecule has 0 heterocycles. The highest BCUT2D eigenvalue weighted by Gasteiger charge is 2.33. The summed E-state index contributed by atoms with van der Waals surface area (Å²) in [4.78, 5) is 11.3. The number of benzene rings is 1. The molecule has 1 amide bonds. The quantitative estimate of drug-likeness (QED) is 0.842. The lowest BCUT2D eigenvalue weighted by Crippen LogP contribution is -2.34. The summed E-state index contributed by atoms with van der Waals surface area (Å²) in [6.45, 7) is 0.0385. The molecule has 3 nitrogen and oxygen atoms in total. The molecule has 1 aromatic carbocycles. The minimum atomic E-state index is -0.105. The van der Waals surface area contributed by atoms with Gasteiger partial charge < -0.3 is 11.1 Å². The summed E-state index contributed by atoms with van der Waals surface area (Å²) < 4.78 is 0. The zero-order valence-electron chi connectivity index (χ0n) is 8.95. The molecule has 0 spiro atoms. The van der Waals surface area contributed by atoms with E-state index in [0.29, 0.717) is 10.9 Å². The topological polar surface area (TPSA) is 55.1 Å². The van der Waals surface area contributed by atoms with Crippen LogP contribution in [0.15, 0.2) is 24.3 Å². The third-order valence-corrected chi connectivity index (χ3v) is 3.08. The summed E-state index contributed by atoms with van der Waals surface area (Å²) in [6.07, 6.45) is 2.33. The standard InChI is InChI=1S/C12H15ClN2O/c13-10-5-3-9(4-6-10)12(8-1-2-8)15-11(16)7-14/h3-6,8,12H,1-2,7,14H2,(H,15,16). The van der Waals surface area contributed by atoms with Crippen LogP contribution >= 0.6 is 11.6 Å². The Morgan fingerprint density at radius 1 is 1.44 bits per heavy atom. The van der Waals surface area contributed by atoms with Crippen molar-refractivity contribution in [2.45, 2.75) is 18.9 Å². The molecule has 4 heteroatoms. The Morgan fingerprint density at radius 3 is 2.56 bits per heavy atom. The number of hydrogen-bond acceptors (Lipinski definition) is 2. The van der Waals surface area contributed by atoms with E-state index in [4.69, 9.17) is 17.3 Å². The predicted molar refractivity (Wildman–Crippen MR) is 64.1 cm³/mol. The highest BCUT2D eigenvalue weighted by Crippen LogP contribution is 2.41. The van der Waals surface area contributed by atoms with Crippen molar-refractivity contribution in [2.24, 2.45) is 11.7 Å². The maximum Gasteiger partial charge on any atom is 0.234 e. The molecular weight excluding hydrogens is 224 g/mol. The van der Waals surface area contributed by atoms with Crippen LogP contribution in [0.4, 0.5) is 0 Å². The van der Waals surface area contributed by atoms with Crippen molar-refractivity contribution in [1.29, 1.82) is 0 Å². The first-order chi connectivity index (χ1) is 7.70. The van der Waals surface area contributed by atoms with Crippen LogP contribution in [0.3, 0.4) is 0 Å². The molecule has 3 N–H and O–H groups in total. The van der Waals surface area contributed by atoms with Gasteiger partial charge in [-0.3, -0.25) is 4.79 Å². The van der Waals surface area contributed by atoms with E-state index < -0.39 is 0 Å². The monoisotopic (exact) mass is 238 g/mol. The Labute approximate surface area is 100.0 Å². The van der Waals surface area contributed by atoms with Crippen molar-refractivity contribution in [2.75, 3.05) is 6.54 Å². The van der Waals surface area contributed by atoms with E-state index in [1.54, 1.807) is 0 Å². The smallest absolute Gasteiger partial charge is 0.234 e. The zero-order valence-corrected chi connectivity index (χ0v) is 9.70. The average molecular weight is 239 g/mol. The predicted octanol–water partition coefficient (Wildman–Crippen LogP) is 1.87. The van der Waals surface area contributed by atoms with Crippen molar-refractivity contribution in [3.63, 3.8) is 0 Å². The minimum absolute atomic E-state index is 0.0385. The molecule has 0 bridgehead atoms. The second-order valence-corrected chi connectivity index (χ2v) is 4.57. The SMILES string of the molecule is NCC(=O)NC(c1ccc(Cl)cc1)C1CC1. The van der Waals surface area contributed by atoms with Gasteiger partial charge in [-0.05, 0) is 36.5 Å². The van der Waals surface area contributed by atoms with E-state index in [0.717, 1.165) is 18.4 Å². The van der Waals surface area contributed by atoms with Crippen LogP contribution < -0.4 is 11.1 Å². The molecule has 1 aliphatic carbocycles. The van der Waals surface area contributed by atoms with Crippen molar-refractivity contribution in [3.8, 4) is 0 Å². The molecule has 0 saturated heterocycles. The number of rotatable bonds is 4. The van der Waals surface area contributed by atoms with Crippen molar-refractivity contribution in [1.82, 2.24) is 5.32 Å². The van der Waals surface area contributed by atoms with Gasteiger partial charge in [0.25, 0.3) is 0 Å². The second kappa shape index (κ2) is 4.85. The summed E-state index contributed by atoms with van der Waals surface area (Å²) >= 11 is 5.84. The zero-order chi connectivity index (χ0) is 11.5. The van der Waals surface area contributed by atoms with Gasteiger partial charge in [-0.25, -0.2) is 0 Å². The van der Waals surface area contributed by atoms with Crippen LogP contribution in [-0.2, 0) is 4.79 Å². The van der Waals surface area contributed by atoms with Gasteiger partial charge in [0.2, 0.25) is 5.91 Å². The van der Waals surface area contributed by atoms with Gasteiger partial charge in [-0.1, -0.05) is 23.7 Å². The number of hydrogen-bond donors (Lipinski definition) is 2. The van der Waals surface area contributed by atoms with E-state index in [1.807, 2.05) is 24.3 Å². The molecule has 1 aliphatic rings. The number of carbonyl (C=O) groups excluding carboxylic acids is 1. The third kappa shape index (κ3) is 2.74. The molecule has 1 unspecified atom stereocenters. The summed E-state index contributed by atoms with van der Waals surface area (Å²) in [5.74, 6) is 0.448. The van der Waals surface area contributed by atoms with E-state index in [-0.39, 0.29) is 18.5 Å². The summed E-state index contributed by atoms with van der Waals surface area (Å²) in [5, 5.41) is 3.67. The van der Waals surface area contributed by atoms with Crippen molar-refractivity contribution in [3.05, 3.63) is 34.9 Å². The maximum atomic E-state index is 11.3. The first kappa shape index (κ1) is 11.4. The van der Waals surface area contributed by atoms with Crippen LogP contribution in [0.1, 0.15) is 24.4 Å². The van der Waals surface area contributed by atoms with Gasteiger partial charge >= 0.3 is 0 Å². The highest BCUT2D eigenvalue weighted by atomic mass is 35.5. The van der Waals surface area contributed by atoms with Crippen LogP contribution in [-0.4, -0.2) is 12.5 Å². The molecule has 2 rings (SSSR count). The Hall–Kier alpha value is -1.06. The third-order valence-electron chi connectivity index (χ3n) is 2.82. The van der Waals surface area contributed by atoms with Gasteiger partial charge in [-0.2, -0.15) is 0 Å². The molecule has 16 heavy (non-hydrogen) atoms. The van der Waals surface area contributed by atoms with Crippen LogP contribution in [0.5, 0.6) is 0 Å². The maximum absolute atomic E-state index is 11.3. The molecule has 1 atom stereocenters. The number of halogens is 1. The molecule has 0 aromatic heterocycles. The lowest BCUT2D eigenvalue weighted by Gasteiger charge is -2.18. The average Bonchev–Trinajstić information content (AvgIpc) is 3.11. The fraction of sp³-hybridized carbons (Fsp3) is 0.417. The molecule has 1 saturated carbocycles. The van der Waals surface area contributed by atoms with Crippen molar-refractivity contribution < 1.29 is 4.79 Å². The first-order valence-electron chi connectivity index (χ1n) is 5.45. The number of carbonyl (C=O) groups is 1. The van der Waals surface area contributed by atoms with Crippen LogP contribution in [0.2, 0.25) is 5.02 Å². The second-order valence-electron chi connectivity index (χ2n) is 4.14. The van der Waals surface area contributed by atoms with Crippen LogP contribution in [0, 0.1) is 5.92 Å². The summed E-state index contributed by atoms with van der Waals surface area (Å²) in [5.41, 5.74) is 6.42. The molecule has 86 valence electrons. The Bertz CT molecular complexity index is 373. The molecule has 1 aromatic rings. The fourth-order valence-electron chi connectivity index (χ4n) is 1.81. The largest absolute Gasteiger partial charge is 0.348 e. The summed E-state index contributed by atoms with van der Waals surface area (Å²) in [7, 11) is 0. The van der Waals surface area contributed by atoms with Gasteiger partial charge in [0.1, 0.15) is 0 Å². The lowest BCUT2D eigenvalue weighted by atomic mass is 10.0. The van der Waals surface area contributed by atoms with Gasteiger partial charge in [0.15, 0.2) is 0 Å². The van der Waals surface area contributed by atoms with E-state index in [2.05, 4.69) is 5.32 Å². The molecule has 0 radical (unpaired) electrons. The Morgan fingerprint density at radius 2 is 2.06 bits per heavy atom. The van der Waals surface area contributed by atoms with E-state index in [1.165, 1.54) is 0 Å². The van der Waals surface area contributed by atoms with E-state index >= 15 is 0 Å².